The minimum atomic E-state index is 0.170. The molecule has 4 nitrogen and oxygen atoms in total. The van der Waals surface area contributed by atoms with Gasteiger partial charge in [0.25, 0.3) is 0 Å². The molecule has 0 bridgehead atoms. The summed E-state index contributed by atoms with van der Waals surface area (Å²) in [5.41, 5.74) is 3.73. The summed E-state index contributed by atoms with van der Waals surface area (Å²) in [6.45, 7) is 2.18. The second kappa shape index (κ2) is 7.55. The van der Waals surface area contributed by atoms with Crippen molar-refractivity contribution in [2.75, 3.05) is 11.9 Å². The quantitative estimate of drug-likeness (QED) is 0.856. The lowest BCUT2D eigenvalue weighted by Gasteiger charge is -2.24. The number of anilines is 1. The maximum absolute atomic E-state index is 9.21. The Labute approximate surface area is 138 Å². The molecule has 122 valence electrons. The van der Waals surface area contributed by atoms with Crippen LogP contribution in [0.1, 0.15) is 54.4 Å². The lowest BCUT2D eigenvalue weighted by Crippen LogP contribution is -2.18. The molecule has 0 saturated carbocycles. The van der Waals surface area contributed by atoms with E-state index >= 15 is 0 Å². The Morgan fingerprint density at radius 1 is 1.13 bits per heavy atom. The van der Waals surface area contributed by atoms with E-state index in [0.717, 1.165) is 37.3 Å². The molecule has 1 atom stereocenters. The van der Waals surface area contributed by atoms with Gasteiger partial charge in [-0.25, -0.2) is 9.97 Å². The van der Waals surface area contributed by atoms with Gasteiger partial charge in [-0.2, -0.15) is 0 Å². The summed E-state index contributed by atoms with van der Waals surface area (Å²) in [4.78, 5) is 9.30. The van der Waals surface area contributed by atoms with Crippen LogP contribution in [0.4, 0.5) is 5.82 Å². The molecule has 2 aromatic rings. The van der Waals surface area contributed by atoms with Crippen LogP contribution < -0.4 is 5.32 Å². The topological polar surface area (TPSA) is 58.0 Å². The van der Waals surface area contributed by atoms with Gasteiger partial charge in [0.05, 0.1) is 6.04 Å². The summed E-state index contributed by atoms with van der Waals surface area (Å²) < 4.78 is 0. The van der Waals surface area contributed by atoms with E-state index < -0.39 is 0 Å². The first-order valence-corrected chi connectivity index (χ1v) is 8.56. The molecule has 0 spiro atoms. The van der Waals surface area contributed by atoms with Crippen molar-refractivity contribution in [3.8, 4) is 0 Å². The second-order valence-electron chi connectivity index (χ2n) is 6.23. The van der Waals surface area contributed by atoms with Gasteiger partial charge in [0.15, 0.2) is 0 Å². The van der Waals surface area contributed by atoms with Gasteiger partial charge in [0.2, 0.25) is 0 Å². The van der Waals surface area contributed by atoms with Crippen molar-refractivity contribution in [1.29, 1.82) is 0 Å². The molecule has 4 heteroatoms. The lowest BCUT2D eigenvalue weighted by atomic mass is 9.95. The Morgan fingerprint density at radius 3 is 2.70 bits per heavy atom. The highest BCUT2D eigenvalue weighted by Gasteiger charge is 2.19. The van der Waals surface area contributed by atoms with E-state index in [1.807, 2.05) is 13.0 Å². The average molecular weight is 311 g/mol. The number of nitrogens with one attached hydrogen (secondary N) is 1. The monoisotopic (exact) mass is 311 g/mol. The Bertz CT molecular complexity index is 643. The average Bonchev–Trinajstić information content (AvgIpc) is 2.59. The van der Waals surface area contributed by atoms with Gasteiger partial charge >= 0.3 is 0 Å². The number of nitrogens with zero attached hydrogens (tertiary/aromatic N) is 2. The van der Waals surface area contributed by atoms with E-state index in [2.05, 4.69) is 39.6 Å². The summed E-state index contributed by atoms with van der Waals surface area (Å²) >= 11 is 0. The maximum Gasteiger partial charge on any atom is 0.133 e. The van der Waals surface area contributed by atoms with Crippen molar-refractivity contribution in [3.63, 3.8) is 0 Å². The van der Waals surface area contributed by atoms with E-state index in [4.69, 9.17) is 0 Å². The number of aliphatic hydroxyl groups excluding tert-OH is 1. The number of benzene rings is 1. The van der Waals surface area contributed by atoms with Gasteiger partial charge in [0, 0.05) is 17.9 Å². The molecule has 1 aliphatic carbocycles. The van der Waals surface area contributed by atoms with Crippen LogP contribution in [0.15, 0.2) is 30.3 Å². The van der Waals surface area contributed by atoms with Crippen molar-refractivity contribution in [3.05, 3.63) is 53.0 Å². The van der Waals surface area contributed by atoms with Crippen LogP contribution in [-0.4, -0.2) is 21.7 Å². The standard InChI is InChI=1S/C19H25N3O/c1-14-20-18-11-6-5-10-16(18)19(21-14)22-17(12-7-13-23)15-8-3-2-4-9-15/h2-4,8-9,17,23H,5-7,10-13H2,1H3,(H,20,21,22). The predicted molar refractivity (Wildman–Crippen MR) is 92.5 cm³/mol. The molecular weight excluding hydrogens is 286 g/mol. The van der Waals surface area contributed by atoms with Crippen molar-refractivity contribution in [2.45, 2.75) is 51.5 Å². The number of aromatic nitrogens is 2. The molecule has 0 aliphatic heterocycles. The van der Waals surface area contributed by atoms with Crippen LogP contribution in [0, 0.1) is 6.92 Å². The summed E-state index contributed by atoms with van der Waals surface area (Å²) in [5, 5.41) is 12.8. The number of fused-ring (bicyclic) bond motifs is 1. The normalized spacial score (nSPS) is 15.0. The first-order valence-electron chi connectivity index (χ1n) is 8.56. The van der Waals surface area contributed by atoms with E-state index in [1.165, 1.54) is 29.7 Å². The number of aryl methyl sites for hydroxylation is 2. The first kappa shape index (κ1) is 15.9. The zero-order chi connectivity index (χ0) is 16.1. The zero-order valence-corrected chi connectivity index (χ0v) is 13.8. The fourth-order valence-electron chi connectivity index (χ4n) is 3.30. The Morgan fingerprint density at radius 2 is 1.91 bits per heavy atom. The van der Waals surface area contributed by atoms with Gasteiger partial charge in [-0.05, 0) is 51.0 Å². The minimum Gasteiger partial charge on any atom is -0.396 e. The van der Waals surface area contributed by atoms with Crippen molar-refractivity contribution in [2.24, 2.45) is 0 Å². The summed E-state index contributed by atoms with van der Waals surface area (Å²) in [5.74, 6) is 1.82. The highest BCUT2D eigenvalue weighted by Crippen LogP contribution is 2.29. The Kier molecular flexibility index (Phi) is 5.23. The third-order valence-corrected chi connectivity index (χ3v) is 4.46. The van der Waals surface area contributed by atoms with E-state index in [9.17, 15) is 5.11 Å². The molecular formula is C19H25N3O. The SMILES string of the molecule is Cc1nc2c(c(NC(CCCO)c3ccccc3)n1)CCCC2. The Hall–Kier alpha value is -1.94. The molecule has 2 N–H and O–H groups in total. The minimum absolute atomic E-state index is 0.170. The molecule has 1 heterocycles. The third kappa shape index (κ3) is 3.88. The van der Waals surface area contributed by atoms with Crippen LogP contribution in [0.25, 0.3) is 0 Å². The van der Waals surface area contributed by atoms with Gasteiger partial charge in [-0.3, -0.25) is 0 Å². The third-order valence-electron chi connectivity index (χ3n) is 4.46. The largest absolute Gasteiger partial charge is 0.396 e. The van der Waals surface area contributed by atoms with Crippen LogP contribution in [0.3, 0.4) is 0 Å². The van der Waals surface area contributed by atoms with Crippen LogP contribution in [0.2, 0.25) is 0 Å². The molecule has 0 radical (unpaired) electrons. The smallest absolute Gasteiger partial charge is 0.133 e. The number of rotatable bonds is 6. The van der Waals surface area contributed by atoms with Crippen LogP contribution in [0.5, 0.6) is 0 Å². The number of hydrogen-bond donors (Lipinski definition) is 2. The van der Waals surface area contributed by atoms with Gasteiger partial charge in [-0.15, -0.1) is 0 Å². The molecule has 3 rings (SSSR count). The highest BCUT2D eigenvalue weighted by molar-refractivity contribution is 5.49. The fourth-order valence-corrected chi connectivity index (χ4v) is 3.30. The molecule has 23 heavy (non-hydrogen) atoms. The van der Waals surface area contributed by atoms with Gasteiger partial charge < -0.3 is 10.4 Å². The summed E-state index contributed by atoms with van der Waals surface area (Å²) in [6, 6.07) is 10.6. The fraction of sp³-hybridized carbons (Fsp3) is 0.474. The van der Waals surface area contributed by atoms with Gasteiger partial charge in [0.1, 0.15) is 11.6 Å². The van der Waals surface area contributed by atoms with Crippen LogP contribution >= 0.6 is 0 Å². The van der Waals surface area contributed by atoms with E-state index in [-0.39, 0.29) is 12.6 Å². The summed E-state index contributed by atoms with van der Waals surface area (Å²) in [7, 11) is 0. The van der Waals surface area contributed by atoms with Gasteiger partial charge in [-0.1, -0.05) is 30.3 Å². The molecule has 1 aromatic heterocycles. The van der Waals surface area contributed by atoms with Crippen molar-refractivity contribution < 1.29 is 5.11 Å². The lowest BCUT2D eigenvalue weighted by molar-refractivity contribution is 0.281. The second-order valence-corrected chi connectivity index (χ2v) is 6.23. The first-order chi connectivity index (χ1) is 11.3. The molecule has 1 aliphatic rings. The van der Waals surface area contributed by atoms with Crippen LogP contribution in [-0.2, 0) is 12.8 Å². The predicted octanol–water partition coefficient (Wildman–Crippen LogP) is 3.59. The highest BCUT2D eigenvalue weighted by atomic mass is 16.2. The van der Waals surface area contributed by atoms with Crippen molar-refractivity contribution in [1.82, 2.24) is 9.97 Å². The summed E-state index contributed by atoms with van der Waals surface area (Å²) in [6.07, 6.45) is 6.20. The van der Waals surface area contributed by atoms with Crippen molar-refractivity contribution >= 4 is 5.82 Å². The maximum atomic E-state index is 9.21. The molecule has 0 saturated heterocycles. The van der Waals surface area contributed by atoms with E-state index in [0.29, 0.717) is 0 Å². The Balaban J connectivity index is 1.89. The molecule has 0 amide bonds. The molecule has 0 fully saturated rings. The van der Waals surface area contributed by atoms with E-state index in [1.54, 1.807) is 0 Å². The number of aliphatic hydroxyl groups is 1. The number of hydrogen-bond acceptors (Lipinski definition) is 4. The molecule has 1 aromatic carbocycles. The zero-order valence-electron chi connectivity index (χ0n) is 13.8. The molecule has 1 unspecified atom stereocenters.